The Morgan fingerprint density at radius 2 is 2.09 bits per heavy atom. The lowest BCUT2D eigenvalue weighted by Gasteiger charge is -2.32. The molecular weight excluding hydrogens is 302 g/mol. The molecule has 1 aromatic carbocycles. The summed E-state index contributed by atoms with van der Waals surface area (Å²) < 4.78 is 32.6. The normalized spacial score (nSPS) is 23.3. The van der Waals surface area contributed by atoms with E-state index in [2.05, 4.69) is 4.90 Å². The summed E-state index contributed by atoms with van der Waals surface area (Å²) in [4.78, 5) is 4.19. The van der Waals surface area contributed by atoms with E-state index in [-0.39, 0.29) is 6.04 Å². The Hall–Kier alpha value is -1.08. The first-order chi connectivity index (χ1) is 11.0. The van der Waals surface area contributed by atoms with Gasteiger partial charge in [-0.25, -0.2) is 8.78 Å². The number of hydrogen-bond donors (Lipinski definition) is 1. The van der Waals surface area contributed by atoms with Crippen molar-refractivity contribution in [3.63, 3.8) is 0 Å². The summed E-state index contributed by atoms with van der Waals surface area (Å²) in [6, 6.07) is 2.35. The number of aliphatic hydroxyl groups is 1. The second-order valence-corrected chi connectivity index (χ2v) is 6.52. The number of hydrogen-bond acceptors (Lipinski definition) is 4. The van der Waals surface area contributed by atoms with Crippen LogP contribution in [0.3, 0.4) is 0 Å². The van der Waals surface area contributed by atoms with Gasteiger partial charge in [-0.2, -0.15) is 0 Å². The third kappa shape index (κ3) is 3.88. The molecule has 1 fully saturated rings. The number of β-amino-alcohol motifs (C(OH)–C–C–N with tert-alkyl or cyclic N) is 1. The second kappa shape index (κ2) is 7.21. The topological polar surface area (TPSA) is 35.9 Å². The van der Waals surface area contributed by atoms with E-state index < -0.39 is 17.7 Å². The molecule has 2 atom stereocenters. The third-order valence-electron chi connectivity index (χ3n) is 4.82. The smallest absolute Gasteiger partial charge is 0.129 e. The summed E-state index contributed by atoms with van der Waals surface area (Å²) in [6.07, 6.45) is 0.896. The first kappa shape index (κ1) is 16.8. The maximum absolute atomic E-state index is 13.8. The molecule has 0 spiro atoms. The summed E-state index contributed by atoms with van der Waals surface area (Å²) in [5, 5.41) is 10.3. The van der Waals surface area contributed by atoms with Crippen LogP contribution in [-0.2, 0) is 11.2 Å². The van der Waals surface area contributed by atoms with Crippen LogP contribution in [0.2, 0.25) is 0 Å². The molecule has 6 heteroatoms. The number of halogens is 2. The number of aliphatic hydroxyl groups excluding tert-OH is 1. The number of likely N-dealkylation sites (N-methyl/N-ethyl adjacent to an activating group) is 1. The molecule has 1 heterocycles. The Balaban J connectivity index is 1.60. The van der Waals surface area contributed by atoms with Crippen molar-refractivity contribution in [1.82, 2.24) is 9.80 Å². The number of ether oxygens (including phenoxy) is 1. The fourth-order valence-electron chi connectivity index (χ4n) is 3.68. The van der Waals surface area contributed by atoms with Gasteiger partial charge in [0, 0.05) is 38.3 Å². The Bertz CT molecular complexity index is 550. The summed E-state index contributed by atoms with van der Waals surface area (Å²) in [7, 11) is 1.91. The van der Waals surface area contributed by atoms with Gasteiger partial charge >= 0.3 is 0 Å². The molecule has 1 aliphatic heterocycles. The van der Waals surface area contributed by atoms with Crippen LogP contribution in [0.15, 0.2) is 12.1 Å². The first-order valence-electron chi connectivity index (χ1n) is 8.21. The molecule has 0 radical (unpaired) electrons. The van der Waals surface area contributed by atoms with Gasteiger partial charge in [-0.1, -0.05) is 0 Å². The lowest BCUT2D eigenvalue weighted by atomic mass is 10.1. The zero-order valence-electron chi connectivity index (χ0n) is 13.5. The number of fused-ring (bicyclic) bond motifs is 1. The quantitative estimate of drug-likeness (QED) is 0.891. The van der Waals surface area contributed by atoms with Gasteiger partial charge in [0.2, 0.25) is 0 Å². The molecular formula is C17H24F2N2O2. The van der Waals surface area contributed by atoms with Crippen LogP contribution < -0.4 is 0 Å². The van der Waals surface area contributed by atoms with Crippen LogP contribution >= 0.6 is 0 Å². The van der Waals surface area contributed by atoms with E-state index in [9.17, 15) is 13.9 Å². The van der Waals surface area contributed by atoms with Gasteiger partial charge in [-0.05, 0) is 37.1 Å². The van der Waals surface area contributed by atoms with E-state index in [1.54, 1.807) is 0 Å². The van der Waals surface area contributed by atoms with Crippen LogP contribution in [0.25, 0.3) is 0 Å². The van der Waals surface area contributed by atoms with Crippen molar-refractivity contribution in [2.24, 2.45) is 0 Å². The van der Waals surface area contributed by atoms with Gasteiger partial charge in [0.05, 0.1) is 19.3 Å². The molecule has 0 saturated carbocycles. The van der Waals surface area contributed by atoms with E-state index in [0.717, 1.165) is 31.1 Å². The molecule has 4 nitrogen and oxygen atoms in total. The van der Waals surface area contributed by atoms with Crippen LogP contribution in [0.4, 0.5) is 8.78 Å². The minimum Gasteiger partial charge on any atom is -0.390 e. The van der Waals surface area contributed by atoms with Gasteiger partial charge in [-0.15, -0.1) is 0 Å². The van der Waals surface area contributed by atoms with Gasteiger partial charge in [0.1, 0.15) is 11.6 Å². The van der Waals surface area contributed by atoms with Crippen molar-refractivity contribution in [1.29, 1.82) is 0 Å². The van der Waals surface area contributed by atoms with Crippen molar-refractivity contribution in [3.05, 3.63) is 34.9 Å². The molecule has 0 amide bonds. The summed E-state index contributed by atoms with van der Waals surface area (Å²) in [5.41, 5.74) is 1.34. The largest absolute Gasteiger partial charge is 0.390 e. The molecule has 1 aromatic rings. The van der Waals surface area contributed by atoms with Gasteiger partial charge in [0.15, 0.2) is 0 Å². The summed E-state index contributed by atoms with van der Waals surface area (Å²) >= 11 is 0. The molecule has 1 aliphatic carbocycles. The highest BCUT2D eigenvalue weighted by Gasteiger charge is 2.30. The Kier molecular flexibility index (Phi) is 5.26. The first-order valence-corrected chi connectivity index (χ1v) is 8.21. The van der Waals surface area contributed by atoms with E-state index in [1.807, 2.05) is 11.9 Å². The fourth-order valence-corrected chi connectivity index (χ4v) is 3.68. The van der Waals surface area contributed by atoms with Gasteiger partial charge in [0.25, 0.3) is 0 Å². The van der Waals surface area contributed by atoms with Crippen LogP contribution in [0.1, 0.15) is 23.6 Å². The molecule has 23 heavy (non-hydrogen) atoms. The average Bonchev–Trinajstić information content (AvgIpc) is 2.92. The minimum atomic E-state index is -0.532. The van der Waals surface area contributed by atoms with Crippen molar-refractivity contribution in [2.75, 3.05) is 46.4 Å². The Labute approximate surface area is 135 Å². The lowest BCUT2D eigenvalue weighted by Crippen LogP contribution is -2.44. The lowest BCUT2D eigenvalue weighted by molar-refractivity contribution is 0.00573. The molecule has 128 valence electrons. The van der Waals surface area contributed by atoms with Gasteiger partial charge < -0.3 is 9.84 Å². The third-order valence-corrected chi connectivity index (χ3v) is 4.82. The number of morpholine rings is 1. The number of benzene rings is 1. The monoisotopic (exact) mass is 326 g/mol. The minimum absolute atomic E-state index is 0.0328. The molecule has 0 unspecified atom stereocenters. The van der Waals surface area contributed by atoms with E-state index in [1.165, 1.54) is 6.07 Å². The van der Waals surface area contributed by atoms with Crippen LogP contribution in [-0.4, -0.2) is 67.5 Å². The highest BCUT2D eigenvalue weighted by molar-refractivity contribution is 5.36. The highest BCUT2D eigenvalue weighted by Crippen LogP contribution is 2.37. The molecule has 0 aromatic heterocycles. The summed E-state index contributed by atoms with van der Waals surface area (Å²) in [5.74, 6) is -0.986. The van der Waals surface area contributed by atoms with Crippen molar-refractivity contribution in [2.45, 2.75) is 25.0 Å². The number of nitrogens with zero attached hydrogens (tertiary/aromatic N) is 2. The maximum atomic E-state index is 13.8. The molecule has 0 bridgehead atoms. The van der Waals surface area contributed by atoms with Gasteiger partial charge in [-0.3, -0.25) is 9.80 Å². The predicted molar refractivity (Wildman–Crippen MR) is 83.3 cm³/mol. The zero-order chi connectivity index (χ0) is 16.4. The average molecular weight is 326 g/mol. The van der Waals surface area contributed by atoms with Crippen molar-refractivity contribution in [3.8, 4) is 0 Å². The second-order valence-electron chi connectivity index (χ2n) is 6.52. The number of rotatable bonds is 5. The van der Waals surface area contributed by atoms with E-state index in [0.29, 0.717) is 38.3 Å². The Morgan fingerprint density at radius 1 is 1.35 bits per heavy atom. The standard InChI is InChI=1S/C17H24F2N2O2/c1-20(10-13(22)11-21-4-6-23-7-5-21)17-3-2-14-15(17)8-12(18)9-16(14)19/h8-9,13,17,22H,2-7,10-11H2,1H3/t13-,17-/m1/s1. The molecule has 3 rings (SSSR count). The van der Waals surface area contributed by atoms with Crippen LogP contribution in [0.5, 0.6) is 0 Å². The maximum Gasteiger partial charge on any atom is 0.129 e. The molecule has 1 N–H and O–H groups in total. The van der Waals surface area contributed by atoms with Crippen LogP contribution in [0, 0.1) is 11.6 Å². The van der Waals surface area contributed by atoms with Crippen molar-refractivity contribution < 1.29 is 18.6 Å². The fraction of sp³-hybridized carbons (Fsp3) is 0.647. The molecule has 1 saturated heterocycles. The predicted octanol–water partition coefficient (Wildman–Crippen LogP) is 1.58. The Morgan fingerprint density at radius 3 is 2.83 bits per heavy atom. The zero-order valence-corrected chi connectivity index (χ0v) is 13.5. The van der Waals surface area contributed by atoms with Crippen molar-refractivity contribution >= 4 is 0 Å². The van der Waals surface area contributed by atoms with E-state index in [4.69, 9.17) is 4.74 Å². The molecule has 2 aliphatic rings. The SMILES string of the molecule is CN(C[C@@H](O)CN1CCOCC1)[C@@H]1CCc2c(F)cc(F)cc21. The van der Waals surface area contributed by atoms with E-state index >= 15 is 0 Å². The highest BCUT2D eigenvalue weighted by atomic mass is 19.1. The summed E-state index contributed by atoms with van der Waals surface area (Å²) in [6.45, 7) is 4.17.